The lowest BCUT2D eigenvalue weighted by Gasteiger charge is -2.22. The fraction of sp³-hybridized carbons (Fsp3) is 0.417. The summed E-state index contributed by atoms with van der Waals surface area (Å²) in [5.74, 6) is 0. The average Bonchev–Trinajstić information content (AvgIpc) is 2.38. The van der Waals surface area contributed by atoms with Gasteiger partial charge in [-0.25, -0.2) is 0 Å². The summed E-state index contributed by atoms with van der Waals surface area (Å²) >= 11 is 0. The summed E-state index contributed by atoms with van der Waals surface area (Å²) in [4.78, 5) is 0. The Morgan fingerprint density at radius 1 is 1.13 bits per heavy atom. The minimum Gasteiger partial charge on any atom is -0.369 e. The first kappa shape index (κ1) is 10.9. The normalized spacial score (nSPS) is 12.9. The molecule has 1 nitrogen and oxygen atoms in total. The molecule has 15 heavy (non-hydrogen) atoms. The lowest BCUT2D eigenvalue weighted by atomic mass is 10.2. The van der Waals surface area contributed by atoms with E-state index in [1.165, 1.54) is 29.8 Å². The van der Waals surface area contributed by atoms with E-state index in [4.69, 9.17) is 0 Å². The van der Waals surface area contributed by atoms with E-state index in [0.717, 1.165) is 0 Å². The molecule has 0 radical (unpaired) electrons. The smallest absolute Gasteiger partial charge is 0.153 e. The van der Waals surface area contributed by atoms with Gasteiger partial charge in [0.1, 0.15) is 0 Å². The molecule has 0 spiro atoms. The van der Waals surface area contributed by atoms with Gasteiger partial charge in [0, 0.05) is 16.1 Å². The molecule has 2 rings (SSSR count). The lowest BCUT2D eigenvalue weighted by molar-refractivity contribution is 1.14. The Bertz CT molecular complexity index is 508. The molecule has 0 fully saturated rings. The Kier molecular flexibility index (Phi) is 2.52. The third kappa shape index (κ3) is 1.89. The molecule has 1 heterocycles. The zero-order chi connectivity index (χ0) is 11.2. The van der Waals surface area contributed by atoms with Gasteiger partial charge in [-0.2, -0.15) is 0 Å². The SMILES string of the molecule is Cc1ccc2c(c1)pc(C)n2[Si](C)(C)C. The van der Waals surface area contributed by atoms with Gasteiger partial charge in [-0.3, -0.25) is 0 Å². The molecule has 1 aromatic carbocycles. The quantitative estimate of drug-likeness (QED) is 0.640. The molecule has 0 aliphatic heterocycles. The van der Waals surface area contributed by atoms with Crippen molar-refractivity contribution in [1.29, 1.82) is 0 Å². The molecule has 0 saturated carbocycles. The number of nitrogens with zero attached hydrogens (tertiary/aromatic N) is 1. The van der Waals surface area contributed by atoms with E-state index in [1.807, 2.05) is 0 Å². The first-order chi connectivity index (χ1) is 6.89. The van der Waals surface area contributed by atoms with E-state index in [9.17, 15) is 0 Å². The van der Waals surface area contributed by atoms with Gasteiger partial charge in [-0.05, 0) is 34.2 Å². The van der Waals surface area contributed by atoms with Crippen molar-refractivity contribution < 1.29 is 0 Å². The average molecular weight is 235 g/mol. The lowest BCUT2D eigenvalue weighted by Crippen LogP contribution is -2.32. The van der Waals surface area contributed by atoms with Crippen molar-refractivity contribution >= 4 is 27.1 Å². The van der Waals surface area contributed by atoms with Gasteiger partial charge < -0.3 is 4.23 Å². The number of hydrogen-bond acceptors (Lipinski definition) is 0. The fourth-order valence-corrected chi connectivity index (χ4v) is 6.30. The molecular weight excluding hydrogens is 217 g/mol. The van der Waals surface area contributed by atoms with Gasteiger partial charge in [-0.1, -0.05) is 31.3 Å². The predicted molar refractivity (Wildman–Crippen MR) is 72.7 cm³/mol. The highest BCUT2D eigenvalue weighted by molar-refractivity contribution is 7.38. The van der Waals surface area contributed by atoms with Gasteiger partial charge in [-0.15, -0.1) is 0 Å². The van der Waals surface area contributed by atoms with Crippen LogP contribution in [0, 0.1) is 13.8 Å². The maximum absolute atomic E-state index is 2.59. The van der Waals surface area contributed by atoms with Crippen LogP contribution in [0.1, 0.15) is 11.0 Å². The molecule has 0 N–H and O–H groups in total. The summed E-state index contributed by atoms with van der Waals surface area (Å²) in [7, 11) is 0.133. The van der Waals surface area contributed by atoms with Gasteiger partial charge in [0.2, 0.25) is 0 Å². The van der Waals surface area contributed by atoms with Gasteiger partial charge >= 0.3 is 0 Å². The second-order valence-corrected chi connectivity index (χ2v) is 11.3. The molecular formula is C12H18NPSi. The van der Waals surface area contributed by atoms with E-state index in [-0.39, 0.29) is 0 Å². The summed E-state index contributed by atoms with van der Waals surface area (Å²) in [5, 5.41) is 1.48. The molecule has 0 atom stereocenters. The van der Waals surface area contributed by atoms with Crippen LogP contribution < -0.4 is 0 Å². The summed E-state index contributed by atoms with van der Waals surface area (Å²) in [6.45, 7) is 11.6. The van der Waals surface area contributed by atoms with Crippen LogP contribution in [0.25, 0.3) is 10.6 Å². The summed E-state index contributed by atoms with van der Waals surface area (Å²) < 4.78 is 2.59. The molecule has 0 unspecified atom stereocenters. The Balaban J connectivity index is 2.80. The number of hydrogen-bond donors (Lipinski definition) is 0. The highest BCUT2D eigenvalue weighted by Gasteiger charge is 2.20. The van der Waals surface area contributed by atoms with Crippen molar-refractivity contribution in [3.8, 4) is 0 Å². The standard InChI is InChI=1S/C12H18NPSi/c1-9-6-7-11-12(8-9)14-10(2)13(11)15(3,4)5/h6-8H,1-5H3. The molecule has 0 aliphatic rings. The second kappa shape index (κ2) is 3.46. The third-order valence-corrected chi connectivity index (χ3v) is 5.88. The molecule has 0 bridgehead atoms. The number of rotatable bonds is 1. The Hall–Kier alpha value is -0.593. The van der Waals surface area contributed by atoms with Crippen LogP contribution in [-0.2, 0) is 0 Å². The van der Waals surface area contributed by atoms with E-state index in [0.29, 0.717) is 0 Å². The minimum atomic E-state index is -1.27. The molecule has 1 aromatic heterocycles. The predicted octanol–water partition coefficient (Wildman–Crippen LogP) is 4.52. The fourth-order valence-electron chi connectivity index (χ4n) is 2.16. The van der Waals surface area contributed by atoms with E-state index in [1.54, 1.807) is 0 Å². The van der Waals surface area contributed by atoms with Crippen molar-refractivity contribution in [2.75, 3.05) is 0 Å². The number of fused-ring (bicyclic) bond motifs is 1. The van der Waals surface area contributed by atoms with Crippen LogP contribution in [0.2, 0.25) is 19.6 Å². The Labute approximate surface area is 94.3 Å². The third-order valence-electron chi connectivity index (χ3n) is 2.65. The topological polar surface area (TPSA) is 4.93 Å². The van der Waals surface area contributed by atoms with Gasteiger partial charge in [0.05, 0.1) is 0 Å². The molecule has 0 aliphatic carbocycles. The van der Waals surface area contributed by atoms with Crippen molar-refractivity contribution in [3.05, 3.63) is 29.2 Å². The maximum atomic E-state index is 2.59. The minimum absolute atomic E-state index is 1.27. The highest BCUT2D eigenvalue weighted by Crippen LogP contribution is 2.33. The van der Waals surface area contributed by atoms with Crippen LogP contribution in [0.3, 0.4) is 0 Å². The Morgan fingerprint density at radius 3 is 2.40 bits per heavy atom. The van der Waals surface area contributed by atoms with Crippen molar-refractivity contribution in [2.45, 2.75) is 33.5 Å². The van der Waals surface area contributed by atoms with Crippen molar-refractivity contribution in [3.63, 3.8) is 0 Å². The molecule has 3 heteroatoms. The van der Waals surface area contributed by atoms with Crippen LogP contribution >= 0.6 is 8.19 Å². The van der Waals surface area contributed by atoms with Crippen LogP contribution in [0.15, 0.2) is 18.2 Å². The van der Waals surface area contributed by atoms with Crippen molar-refractivity contribution in [1.82, 2.24) is 4.23 Å². The van der Waals surface area contributed by atoms with Crippen LogP contribution in [0.5, 0.6) is 0 Å². The largest absolute Gasteiger partial charge is 0.369 e. The van der Waals surface area contributed by atoms with E-state index >= 15 is 0 Å². The monoisotopic (exact) mass is 235 g/mol. The Morgan fingerprint density at radius 2 is 1.80 bits per heavy atom. The van der Waals surface area contributed by atoms with Crippen molar-refractivity contribution in [2.24, 2.45) is 0 Å². The molecule has 2 aromatic rings. The zero-order valence-corrected chi connectivity index (χ0v) is 12.0. The summed E-state index contributed by atoms with van der Waals surface area (Å²) in [6.07, 6.45) is 0. The summed E-state index contributed by atoms with van der Waals surface area (Å²) in [6, 6.07) is 6.83. The zero-order valence-electron chi connectivity index (χ0n) is 10.1. The van der Waals surface area contributed by atoms with E-state index < -0.39 is 8.24 Å². The molecule has 0 saturated heterocycles. The van der Waals surface area contributed by atoms with Gasteiger partial charge in [0.25, 0.3) is 0 Å². The first-order valence-corrected chi connectivity index (χ1v) is 9.70. The number of aromatic nitrogens is 1. The van der Waals surface area contributed by atoms with Gasteiger partial charge in [0.15, 0.2) is 8.24 Å². The number of aryl methyl sites for hydroxylation is 2. The molecule has 80 valence electrons. The highest BCUT2D eigenvalue weighted by atomic mass is 31.0. The first-order valence-electron chi connectivity index (χ1n) is 5.36. The number of benzene rings is 1. The van der Waals surface area contributed by atoms with Crippen LogP contribution in [-0.4, -0.2) is 12.5 Å². The maximum Gasteiger partial charge on any atom is 0.153 e. The summed E-state index contributed by atoms with van der Waals surface area (Å²) in [5.41, 5.74) is 4.31. The van der Waals surface area contributed by atoms with Crippen LogP contribution in [0.4, 0.5) is 0 Å². The van der Waals surface area contributed by atoms with E-state index in [2.05, 4.69) is 55.9 Å². The molecule has 0 amide bonds. The second-order valence-electron chi connectivity index (χ2n) is 5.16.